The molecule has 0 aliphatic rings. The molecule has 0 amide bonds. The highest BCUT2D eigenvalue weighted by atomic mass is 16.5. The second kappa shape index (κ2) is 14.5. The number of methoxy groups -OCH3 is 3. The Bertz CT molecular complexity index is 913. The molecule has 0 unspecified atom stereocenters. The minimum absolute atomic E-state index is 0.767. The highest BCUT2D eigenvalue weighted by Gasteiger charge is 2.07. The van der Waals surface area contributed by atoms with E-state index >= 15 is 0 Å². The Hall–Kier alpha value is -2.68. The van der Waals surface area contributed by atoms with Crippen molar-refractivity contribution in [2.75, 3.05) is 61.1 Å². The van der Waals surface area contributed by atoms with E-state index in [1.54, 1.807) is 21.3 Å². The molecule has 0 spiro atoms. The third-order valence-electron chi connectivity index (χ3n) is 5.95. The molecule has 0 aliphatic carbocycles. The van der Waals surface area contributed by atoms with Gasteiger partial charge in [-0.15, -0.1) is 0 Å². The van der Waals surface area contributed by atoms with Crippen molar-refractivity contribution in [2.45, 2.75) is 33.1 Å². The van der Waals surface area contributed by atoms with Crippen LogP contribution in [0, 0.1) is 11.8 Å². The van der Waals surface area contributed by atoms with Crippen LogP contribution in [0.5, 0.6) is 17.2 Å². The number of benzene rings is 2. The van der Waals surface area contributed by atoms with E-state index in [2.05, 4.69) is 66.8 Å². The zero-order chi connectivity index (χ0) is 24.1. The first kappa shape index (κ1) is 26.6. The molecule has 0 aromatic heterocycles. The maximum Gasteiger partial charge on any atom is 0.160 e. The number of ether oxygens (including phenoxy) is 3. The summed E-state index contributed by atoms with van der Waals surface area (Å²) in [5.41, 5.74) is 3.61. The Balaban J connectivity index is 1.91. The number of likely N-dealkylation sites (N-methyl/N-ethyl adjacent to an activating group) is 1. The second-order valence-corrected chi connectivity index (χ2v) is 8.13. The van der Waals surface area contributed by atoms with Crippen LogP contribution in [0.2, 0.25) is 0 Å². The van der Waals surface area contributed by atoms with Gasteiger partial charge in [0.15, 0.2) is 11.5 Å². The van der Waals surface area contributed by atoms with E-state index in [9.17, 15) is 0 Å². The fourth-order valence-corrected chi connectivity index (χ4v) is 3.73. The molecule has 0 aliphatic heterocycles. The van der Waals surface area contributed by atoms with Gasteiger partial charge in [-0.3, -0.25) is 4.90 Å². The van der Waals surface area contributed by atoms with Crippen molar-refractivity contribution in [2.24, 2.45) is 0 Å². The minimum atomic E-state index is 0.767. The van der Waals surface area contributed by atoms with Crippen molar-refractivity contribution in [1.29, 1.82) is 0 Å². The van der Waals surface area contributed by atoms with Gasteiger partial charge >= 0.3 is 0 Å². The number of rotatable bonds is 13. The Morgan fingerprint density at radius 3 is 2.24 bits per heavy atom. The summed E-state index contributed by atoms with van der Waals surface area (Å²) in [5.74, 6) is 9.17. The molecule has 0 N–H and O–H groups in total. The van der Waals surface area contributed by atoms with Crippen LogP contribution in [0.4, 0.5) is 0 Å². The Kier molecular flexibility index (Phi) is 11.6. The zero-order valence-electron chi connectivity index (χ0n) is 21.2. The topological polar surface area (TPSA) is 34.2 Å². The first-order chi connectivity index (χ1) is 16.0. The average molecular weight is 453 g/mol. The van der Waals surface area contributed by atoms with Crippen LogP contribution in [-0.2, 0) is 12.8 Å². The maximum absolute atomic E-state index is 5.45. The van der Waals surface area contributed by atoms with Gasteiger partial charge in [-0.05, 0) is 87.4 Å². The summed E-state index contributed by atoms with van der Waals surface area (Å²) >= 11 is 0. The van der Waals surface area contributed by atoms with Crippen molar-refractivity contribution in [3.8, 4) is 29.1 Å². The van der Waals surface area contributed by atoms with E-state index in [1.807, 2.05) is 12.1 Å². The van der Waals surface area contributed by atoms with E-state index < -0.39 is 0 Å². The predicted octanol–water partition coefficient (Wildman–Crippen LogP) is 4.51. The summed E-state index contributed by atoms with van der Waals surface area (Å²) in [6.07, 6.45) is 3.02. The zero-order valence-corrected chi connectivity index (χ0v) is 21.2. The largest absolute Gasteiger partial charge is 0.497 e. The van der Waals surface area contributed by atoms with E-state index in [0.29, 0.717) is 0 Å². The molecule has 2 aromatic carbocycles. The molecule has 0 radical (unpaired) electrons. The van der Waals surface area contributed by atoms with Gasteiger partial charge in [-0.25, -0.2) is 0 Å². The molecular formula is C28H40N2O3. The first-order valence-electron chi connectivity index (χ1n) is 11.8. The predicted molar refractivity (Wildman–Crippen MR) is 137 cm³/mol. The summed E-state index contributed by atoms with van der Waals surface area (Å²) in [5, 5.41) is 0. The van der Waals surface area contributed by atoms with Crippen LogP contribution >= 0.6 is 0 Å². The molecule has 0 atom stereocenters. The second-order valence-electron chi connectivity index (χ2n) is 8.13. The number of hydrogen-bond donors (Lipinski definition) is 0. The van der Waals surface area contributed by atoms with Gasteiger partial charge in [0.2, 0.25) is 0 Å². The summed E-state index contributed by atoms with van der Waals surface area (Å²) in [6.45, 7) is 9.21. The van der Waals surface area contributed by atoms with Crippen molar-refractivity contribution in [3.63, 3.8) is 0 Å². The Morgan fingerprint density at radius 2 is 1.58 bits per heavy atom. The van der Waals surface area contributed by atoms with Crippen molar-refractivity contribution < 1.29 is 14.2 Å². The summed E-state index contributed by atoms with van der Waals surface area (Å²) in [7, 11) is 7.23. The van der Waals surface area contributed by atoms with E-state index in [4.69, 9.17) is 14.2 Å². The standard InChI is InChI=1S/C28H40N2O3/c1-7-30(8-2)19-10-11-24-14-15-26(31-4)22-25(24)12-9-18-29(3)20-17-23-13-16-27(32-5)28(21-23)33-6/h13-16,21-22H,7-9,12,17-20H2,1-6H3. The fourth-order valence-electron chi connectivity index (χ4n) is 3.73. The lowest BCUT2D eigenvalue weighted by molar-refractivity contribution is 0.332. The smallest absolute Gasteiger partial charge is 0.160 e. The number of hydrogen-bond acceptors (Lipinski definition) is 5. The van der Waals surface area contributed by atoms with Crippen LogP contribution in [0.1, 0.15) is 37.0 Å². The summed E-state index contributed by atoms with van der Waals surface area (Å²) in [4.78, 5) is 4.70. The molecule has 0 fully saturated rings. The average Bonchev–Trinajstić information content (AvgIpc) is 2.85. The van der Waals surface area contributed by atoms with E-state index in [1.165, 1.54) is 11.1 Å². The highest BCUT2D eigenvalue weighted by molar-refractivity contribution is 5.46. The molecule has 2 rings (SSSR count). The van der Waals surface area contributed by atoms with Gasteiger partial charge in [0.1, 0.15) is 5.75 Å². The molecule has 5 heteroatoms. The van der Waals surface area contributed by atoms with Crippen LogP contribution < -0.4 is 14.2 Å². The van der Waals surface area contributed by atoms with E-state index in [-0.39, 0.29) is 0 Å². The van der Waals surface area contributed by atoms with Gasteiger partial charge in [-0.1, -0.05) is 31.8 Å². The quantitative estimate of drug-likeness (QED) is 0.418. The van der Waals surface area contributed by atoms with Crippen molar-refractivity contribution >= 4 is 0 Å². The molecular weight excluding hydrogens is 412 g/mol. The molecule has 0 saturated heterocycles. The SMILES string of the molecule is CCN(CC)CC#Cc1ccc(OC)cc1CCCN(C)CCc1ccc(OC)c(OC)c1. The van der Waals surface area contributed by atoms with Crippen LogP contribution in [0.25, 0.3) is 0 Å². The molecule has 180 valence electrons. The van der Waals surface area contributed by atoms with E-state index in [0.717, 1.165) is 74.8 Å². The fraction of sp³-hybridized carbons (Fsp3) is 0.500. The first-order valence-corrected chi connectivity index (χ1v) is 11.8. The summed E-state index contributed by atoms with van der Waals surface area (Å²) < 4.78 is 16.2. The molecule has 0 heterocycles. The van der Waals surface area contributed by atoms with Crippen LogP contribution in [0.3, 0.4) is 0 Å². The molecule has 0 bridgehead atoms. The molecule has 5 nitrogen and oxygen atoms in total. The highest BCUT2D eigenvalue weighted by Crippen LogP contribution is 2.27. The normalized spacial score (nSPS) is 10.8. The van der Waals surface area contributed by atoms with Gasteiger partial charge in [0.05, 0.1) is 27.9 Å². The van der Waals surface area contributed by atoms with Crippen LogP contribution in [0.15, 0.2) is 36.4 Å². The lowest BCUT2D eigenvalue weighted by Crippen LogP contribution is -2.23. The Labute approximate surface area is 200 Å². The summed E-state index contributed by atoms with van der Waals surface area (Å²) in [6, 6.07) is 12.4. The maximum atomic E-state index is 5.45. The molecule has 0 saturated carbocycles. The lowest BCUT2D eigenvalue weighted by Gasteiger charge is -2.17. The minimum Gasteiger partial charge on any atom is -0.497 e. The number of nitrogens with zero attached hydrogens (tertiary/aromatic N) is 2. The van der Waals surface area contributed by atoms with Gasteiger partial charge < -0.3 is 19.1 Å². The Morgan fingerprint density at radius 1 is 0.818 bits per heavy atom. The third kappa shape index (κ3) is 8.64. The van der Waals surface area contributed by atoms with Crippen LogP contribution in [-0.4, -0.2) is 70.9 Å². The monoisotopic (exact) mass is 452 g/mol. The molecule has 33 heavy (non-hydrogen) atoms. The van der Waals surface area contributed by atoms with Gasteiger partial charge in [0.25, 0.3) is 0 Å². The number of aryl methyl sites for hydroxylation is 1. The third-order valence-corrected chi connectivity index (χ3v) is 5.95. The van der Waals surface area contributed by atoms with Gasteiger partial charge in [-0.2, -0.15) is 0 Å². The van der Waals surface area contributed by atoms with Crippen molar-refractivity contribution in [1.82, 2.24) is 9.80 Å². The lowest BCUT2D eigenvalue weighted by atomic mass is 10.0. The molecule has 2 aromatic rings. The van der Waals surface area contributed by atoms with Gasteiger partial charge in [0, 0.05) is 12.1 Å². The van der Waals surface area contributed by atoms with Crippen molar-refractivity contribution in [3.05, 3.63) is 53.1 Å².